The third-order valence-corrected chi connectivity index (χ3v) is 6.93. The molecule has 3 aromatic rings. The Hall–Kier alpha value is -3.49. The van der Waals surface area contributed by atoms with Gasteiger partial charge in [0.2, 0.25) is 0 Å². The Morgan fingerprint density at radius 3 is 2.57 bits per heavy atom. The Bertz CT molecular complexity index is 1180. The quantitative estimate of drug-likeness (QED) is 0.537. The summed E-state index contributed by atoms with van der Waals surface area (Å²) in [5, 5.41) is 7.17. The maximum atomic E-state index is 13.9. The predicted octanol–water partition coefficient (Wildman–Crippen LogP) is 5.26. The topological polar surface area (TPSA) is 59.4 Å². The van der Waals surface area contributed by atoms with Gasteiger partial charge in [0, 0.05) is 19.5 Å². The average molecular weight is 485 g/mol. The minimum absolute atomic E-state index is 0.135. The van der Waals surface area contributed by atoms with E-state index in [-0.39, 0.29) is 29.6 Å². The molecule has 0 spiro atoms. The lowest BCUT2D eigenvalue weighted by atomic mass is 9.96. The number of hydrogen-bond acceptors (Lipinski definition) is 4. The minimum atomic E-state index is -4.48. The maximum Gasteiger partial charge on any atom is 0.410 e. The van der Waals surface area contributed by atoms with E-state index in [4.69, 9.17) is 4.74 Å². The minimum Gasteiger partial charge on any atom is -0.497 e. The number of carbonyl (C=O) groups excluding carboxylic acids is 1. The molecule has 35 heavy (non-hydrogen) atoms. The number of nitrogens with zero attached hydrogens (tertiary/aromatic N) is 3. The zero-order chi connectivity index (χ0) is 24.6. The van der Waals surface area contributed by atoms with Gasteiger partial charge in [0.1, 0.15) is 17.1 Å². The SMILES string of the molecule is COc1ccc(CC2CCN(C(=O)c3cnn4c3NC(c3ccccc3)CC4C(F)(F)F)C2)cc1. The van der Waals surface area contributed by atoms with Crippen molar-refractivity contribution in [2.45, 2.75) is 37.5 Å². The Labute approximate surface area is 201 Å². The Balaban J connectivity index is 1.34. The number of hydrogen-bond donors (Lipinski definition) is 1. The summed E-state index contributed by atoms with van der Waals surface area (Å²) in [5.74, 6) is 0.926. The molecule has 1 N–H and O–H groups in total. The van der Waals surface area contributed by atoms with E-state index in [2.05, 4.69) is 10.4 Å². The van der Waals surface area contributed by atoms with E-state index in [1.807, 2.05) is 30.3 Å². The number of aromatic nitrogens is 2. The van der Waals surface area contributed by atoms with E-state index in [1.54, 1.807) is 36.3 Å². The summed E-state index contributed by atoms with van der Waals surface area (Å²) < 4.78 is 47.9. The summed E-state index contributed by atoms with van der Waals surface area (Å²) in [4.78, 5) is 15.1. The first-order valence-electron chi connectivity index (χ1n) is 11.7. The van der Waals surface area contributed by atoms with Crippen LogP contribution < -0.4 is 10.1 Å². The van der Waals surface area contributed by atoms with Gasteiger partial charge < -0.3 is 15.0 Å². The number of alkyl halides is 3. The van der Waals surface area contributed by atoms with Crippen LogP contribution in [0.1, 0.15) is 46.4 Å². The van der Waals surface area contributed by atoms with Gasteiger partial charge in [-0.1, -0.05) is 42.5 Å². The molecule has 3 atom stereocenters. The monoisotopic (exact) mass is 484 g/mol. The predicted molar refractivity (Wildman–Crippen MR) is 125 cm³/mol. The average Bonchev–Trinajstić information content (AvgIpc) is 3.51. The molecule has 184 valence electrons. The number of fused-ring (bicyclic) bond motifs is 1. The van der Waals surface area contributed by atoms with Crippen LogP contribution in [0.15, 0.2) is 60.8 Å². The molecule has 9 heteroatoms. The van der Waals surface area contributed by atoms with Gasteiger partial charge in [-0.3, -0.25) is 4.79 Å². The molecule has 1 saturated heterocycles. The number of rotatable bonds is 5. The van der Waals surface area contributed by atoms with E-state index in [0.717, 1.165) is 34.4 Å². The van der Waals surface area contributed by atoms with E-state index in [1.165, 1.54) is 6.20 Å². The second-order valence-corrected chi connectivity index (χ2v) is 9.21. The molecule has 1 aromatic heterocycles. The fourth-order valence-electron chi connectivity index (χ4n) is 5.07. The second kappa shape index (κ2) is 9.28. The number of anilines is 1. The highest BCUT2D eigenvalue weighted by atomic mass is 19.4. The fraction of sp³-hybridized carbons (Fsp3) is 0.385. The summed E-state index contributed by atoms with van der Waals surface area (Å²) >= 11 is 0. The van der Waals surface area contributed by atoms with E-state index < -0.39 is 18.3 Å². The van der Waals surface area contributed by atoms with Gasteiger partial charge >= 0.3 is 6.18 Å². The van der Waals surface area contributed by atoms with Crippen molar-refractivity contribution in [2.75, 3.05) is 25.5 Å². The zero-order valence-corrected chi connectivity index (χ0v) is 19.3. The summed E-state index contributed by atoms with van der Waals surface area (Å²) in [6.45, 7) is 1.12. The number of benzene rings is 2. The molecule has 3 unspecified atom stereocenters. The normalized spacial score (nSPS) is 21.9. The maximum absolute atomic E-state index is 13.9. The van der Waals surface area contributed by atoms with Crippen molar-refractivity contribution in [2.24, 2.45) is 5.92 Å². The highest BCUT2D eigenvalue weighted by Crippen LogP contribution is 2.44. The molecule has 1 amide bonds. The highest BCUT2D eigenvalue weighted by Gasteiger charge is 2.47. The Kier molecular flexibility index (Phi) is 6.17. The molecule has 0 saturated carbocycles. The molecular formula is C26H27F3N4O2. The molecule has 5 rings (SSSR count). The molecule has 2 aromatic carbocycles. The first kappa shape index (κ1) is 23.3. The number of nitrogens with one attached hydrogen (secondary N) is 1. The fourth-order valence-corrected chi connectivity index (χ4v) is 5.07. The number of likely N-dealkylation sites (tertiary alicyclic amines) is 1. The van der Waals surface area contributed by atoms with Crippen LogP contribution in [-0.4, -0.2) is 47.0 Å². The largest absolute Gasteiger partial charge is 0.497 e. The van der Waals surface area contributed by atoms with Gasteiger partial charge in [-0.25, -0.2) is 4.68 Å². The van der Waals surface area contributed by atoms with Crippen molar-refractivity contribution in [3.8, 4) is 5.75 Å². The lowest BCUT2D eigenvalue weighted by Crippen LogP contribution is -2.37. The third kappa shape index (κ3) is 4.72. The van der Waals surface area contributed by atoms with Gasteiger partial charge in [0.05, 0.1) is 19.3 Å². The molecule has 2 aliphatic rings. The van der Waals surface area contributed by atoms with Gasteiger partial charge in [-0.05, 0) is 42.0 Å². The van der Waals surface area contributed by atoms with Crippen molar-refractivity contribution in [3.63, 3.8) is 0 Å². The molecule has 3 heterocycles. The van der Waals surface area contributed by atoms with Gasteiger partial charge in [-0.15, -0.1) is 0 Å². The van der Waals surface area contributed by atoms with Crippen molar-refractivity contribution in [1.82, 2.24) is 14.7 Å². The third-order valence-electron chi connectivity index (χ3n) is 6.93. The van der Waals surface area contributed by atoms with Crippen LogP contribution in [0.2, 0.25) is 0 Å². The van der Waals surface area contributed by atoms with Crippen LogP contribution in [0, 0.1) is 5.92 Å². The number of carbonyl (C=O) groups is 1. The molecular weight excluding hydrogens is 457 g/mol. The second-order valence-electron chi connectivity index (χ2n) is 9.21. The van der Waals surface area contributed by atoms with Crippen LogP contribution >= 0.6 is 0 Å². The van der Waals surface area contributed by atoms with E-state index in [0.29, 0.717) is 13.1 Å². The lowest BCUT2D eigenvalue weighted by Gasteiger charge is -2.34. The highest BCUT2D eigenvalue weighted by molar-refractivity contribution is 5.99. The van der Waals surface area contributed by atoms with Gasteiger partial charge in [-0.2, -0.15) is 18.3 Å². The summed E-state index contributed by atoms with van der Waals surface area (Å²) in [6, 6.07) is 14.5. The van der Waals surface area contributed by atoms with Crippen LogP contribution in [-0.2, 0) is 6.42 Å². The molecule has 1 fully saturated rings. The summed E-state index contributed by atoms with van der Waals surface area (Å²) in [6.07, 6.45) is -1.73. The molecule has 6 nitrogen and oxygen atoms in total. The number of ether oxygens (including phenoxy) is 1. The zero-order valence-electron chi connectivity index (χ0n) is 19.3. The van der Waals surface area contributed by atoms with Crippen molar-refractivity contribution in [3.05, 3.63) is 77.5 Å². The van der Waals surface area contributed by atoms with Crippen LogP contribution in [0.25, 0.3) is 0 Å². The smallest absolute Gasteiger partial charge is 0.410 e. The Morgan fingerprint density at radius 1 is 1.14 bits per heavy atom. The van der Waals surface area contributed by atoms with E-state index in [9.17, 15) is 18.0 Å². The van der Waals surface area contributed by atoms with Crippen molar-refractivity contribution in [1.29, 1.82) is 0 Å². The first-order valence-corrected chi connectivity index (χ1v) is 11.7. The van der Waals surface area contributed by atoms with Gasteiger partial charge in [0.25, 0.3) is 5.91 Å². The molecule has 2 aliphatic heterocycles. The lowest BCUT2D eigenvalue weighted by molar-refractivity contribution is -0.173. The summed E-state index contributed by atoms with van der Waals surface area (Å²) in [7, 11) is 1.62. The summed E-state index contributed by atoms with van der Waals surface area (Å²) in [5.41, 5.74) is 2.09. The van der Waals surface area contributed by atoms with Crippen LogP contribution in [0.3, 0.4) is 0 Å². The molecule has 0 bridgehead atoms. The number of methoxy groups -OCH3 is 1. The standard InChI is InChI=1S/C26H27F3N4O2/c1-35-20-9-7-17(8-10-20)13-18-11-12-32(16-18)25(34)21-15-30-33-23(26(27,28)29)14-22(31-24(21)33)19-5-3-2-4-6-19/h2-10,15,18,22-23,31H,11-14,16H2,1H3. The molecule has 0 radical (unpaired) electrons. The van der Waals surface area contributed by atoms with Crippen LogP contribution in [0.5, 0.6) is 5.75 Å². The number of amides is 1. The number of halogens is 3. The van der Waals surface area contributed by atoms with E-state index >= 15 is 0 Å². The van der Waals surface area contributed by atoms with Crippen LogP contribution in [0.4, 0.5) is 19.0 Å². The van der Waals surface area contributed by atoms with Gasteiger partial charge in [0.15, 0.2) is 6.04 Å². The molecule has 0 aliphatic carbocycles. The Morgan fingerprint density at radius 2 is 1.89 bits per heavy atom. The van der Waals surface area contributed by atoms with Crippen molar-refractivity contribution < 1.29 is 22.7 Å². The van der Waals surface area contributed by atoms with Crippen molar-refractivity contribution >= 4 is 11.7 Å². The first-order chi connectivity index (χ1) is 16.8.